The highest BCUT2D eigenvalue weighted by Gasteiger charge is 2.45. The van der Waals surface area contributed by atoms with E-state index in [1.807, 2.05) is 24.3 Å². The number of hydrogen-bond acceptors (Lipinski definition) is 6. The first-order chi connectivity index (χ1) is 9.78. The van der Waals surface area contributed by atoms with Crippen molar-refractivity contribution in [2.24, 2.45) is 0 Å². The molecule has 7 heteroatoms. The molecule has 1 fully saturated rings. The number of nitrogens with one attached hydrogen (secondary N) is 1. The molecule has 1 aliphatic rings. The molecule has 118 valence electrons. The maximum absolute atomic E-state index is 11.7. The van der Waals surface area contributed by atoms with Crippen LogP contribution in [0.1, 0.15) is 32.4 Å². The molecule has 6 nitrogen and oxygen atoms in total. The van der Waals surface area contributed by atoms with E-state index in [-0.39, 0.29) is 5.75 Å². The minimum Gasteiger partial charge on any atom is -0.388 e. The Morgan fingerprint density at radius 1 is 1.29 bits per heavy atom. The molecule has 1 aliphatic heterocycles. The molecule has 1 aromatic rings. The average Bonchev–Trinajstić information content (AvgIpc) is 2.72. The SMILES string of the molecule is CCS(=O)(=O)O[C@@H]1OC(C)(C)O[C@H]1c1ccccc1NC. The zero-order valence-corrected chi connectivity index (χ0v) is 13.4. The lowest BCUT2D eigenvalue weighted by atomic mass is 10.1. The van der Waals surface area contributed by atoms with Crippen molar-refractivity contribution >= 4 is 15.8 Å². The average molecular weight is 315 g/mol. The van der Waals surface area contributed by atoms with Crippen molar-refractivity contribution in [2.45, 2.75) is 39.0 Å². The third-order valence-corrected chi connectivity index (χ3v) is 4.38. The maximum Gasteiger partial charge on any atom is 0.269 e. The number of hydrogen-bond donors (Lipinski definition) is 1. The third-order valence-electron chi connectivity index (χ3n) is 3.19. The summed E-state index contributed by atoms with van der Waals surface area (Å²) in [5.41, 5.74) is 1.63. The molecule has 0 amide bonds. The van der Waals surface area contributed by atoms with Crippen molar-refractivity contribution in [1.29, 1.82) is 0 Å². The Morgan fingerprint density at radius 3 is 2.57 bits per heavy atom. The highest BCUT2D eigenvalue weighted by atomic mass is 32.2. The Bertz CT molecular complexity index is 599. The van der Waals surface area contributed by atoms with Crippen molar-refractivity contribution in [3.05, 3.63) is 29.8 Å². The van der Waals surface area contributed by atoms with Gasteiger partial charge in [0, 0.05) is 18.3 Å². The van der Waals surface area contributed by atoms with Crippen LogP contribution in [0.5, 0.6) is 0 Å². The van der Waals surface area contributed by atoms with Crippen molar-refractivity contribution < 1.29 is 22.1 Å². The number of para-hydroxylation sites is 1. The molecule has 0 saturated carbocycles. The van der Waals surface area contributed by atoms with Gasteiger partial charge in [-0.15, -0.1) is 0 Å². The van der Waals surface area contributed by atoms with Crippen LogP contribution < -0.4 is 5.32 Å². The van der Waals surface area contributed by atoms with E-state index in [0.29, 0.717) is 0 Å². The Labute approximate surface area is 125 Å². The van der Waals surface area contributed by atoms with Gasteiger partial charge in [0.1, 0.15) is 6.10 Å². The monoisotopic (exact) mass is 315 g/mol. The molecular weight excluding hydrogens is 294 g/mol. The van der Waals surface area contributed by atoms with Crippen LogP contribution in [-0.2, 0) is 23.8 Å². The minimum atomic E-state index is -3.64. The predicted octanol–water partition coefficient (Wildman–Crippen LogP) is 2.24. The van der Waals surface area contributed by atoms with Crippen LogP contribution in [0.3, 0.4) is 0 Å². The number of benzene rings is 1. The standard InChI is InChI=1S/C14H21NO5S/c1-5-21(16,17)20-13-12(18-14(2,3)19-13)10-8-6-7-9-11(10)15-4/h6-9,12-13,15H,5H2,1-4H3/t12-,13-/m0/s1. The van der Waals surface area contributed by atoms with Gasteiger partial charge in [0.25, 0.3) is 10.1 Å². The third kappa shape index (κ3) is 3.74. The maximum atomic E-state index is 11.7. The molecule has 1 aromatic carbocycles. The van der Waals surface area contributed by atoms with Gasteiger partial charge in [-0.2, -0.15) is 8.42 Å². The fourth-order valence-corrected chi connectivity index (χ4v) is 2.76. The van der Waals surface area contributed by atoms with Gasteiger partial charge in [-0.1, -0.05) is 18.2 Å². The van der Waals surface area contributed by atoms with Crippen LogP contribution in [0.15, 0.2) is 24.3 Å². The lowest BCUT2D eigenvalue weighted by Crippen LogP contribution is -2.26. The first-order valence-corrected chi connectivity index (χ1v) is 8.39. The molecule has 0 spiro atoms. The van der Waals surface area contributed by atoms with E-state index < -0.39 is 28.3 Å². The second kappa shape index (κ2) is 5.92. The lowest BCUT2D eigenvalue weighted by Gasteiger charge is -2.19. The van der Waals surface area contributed by atoms with Gasteiger partial charge in [0.2, 0.25) is 6.29 Å². The Hall–Kier alpha value is -1.15. The van der Waals surface area contributed by atoms with Gasteiger partial charge >= 0.3 is 0 Å². The van der Waals surface area contributed by atoms with Crippen LogP contribution in [0.2, 0.25) is 0 Å². The highest BCUT2D eigenvalue weighted by molar-refractivity contribution is 7.86. The predicted molar refractivity (Wildman–Crippen MR) is 79.3 cm³/mol. The molecule has 0 aromatic heterocycles. The Kier molecular flexibility index (Phi) is 4.57. The van der Waals surface area contributed by atoms with Gasteiger partial charge in [0.05, 0.1) is 5.75 Å². The summed E-state index contributed by atoms with van der Waals surface area (Å²) in [5.74, 6) is -1.03. The van der Waals surface area contributed by atoms with Gasteiger partial charge in [-0.25, -0.2) is 4.18 Å². The number of ether oxygens (including phenoxy) is 2. The van der Waals surface area contributed by atoms with Crippen molar-refractivity contribution in [2.75, 3.05) is 18.1 Å². The van der Waals surface area contributed by atoms with E-state index in [1.165, 1.54) is 6.92 Å². The van der Waals surface area contributed by atoms with E-state index >= 15 is 0 Å². The van der Waals surface area contributed by atoms with E-state index in [1.54, 1.807) is 20.9 Å². The summed E-state index contributed by atoms with van der Waals surface area (Å²) < 4.78 is 40.0. The number of rotatable bonds is 5. The Balaban J connectivity index is 2.35. The molecule has 0 bridgehead atoms. The molecule has 2 rings (SSSR count). The molecule has 2 atom stereocenters. The summed E-state index contributed by atoms with van der Waals surface area (Å²) in [4.78, 5) is 0. The zero-order chi connectivity index (χ0) is 15.7. The summed E-state index contributed by atoms with van der Waals surface area (Å²) in [7, 11) is -1.85. The second-order valence-corrected chi connectivity index (χ2v) is 7.09. The van der Waals surface area contributed by atoms with Crippen LogP contribution in [0.4, 0.5) is 5.69 Å². The largest absolute Gasteiger partial charge is 0.388 e. The van der Waals surface area contributed by atoms with Gasteiger partial charge in [-0.3, -0.25) is 0 Å². The molecule has 1 saturated heterocycles. The van der Waals surface area contributed by atoms with E-state index in [4.69, 9.17) is 13.7 Å². The quantitative estimate of drug-likeness (QED) is 0.840. The van der Waals surface area contributed by atoms with Crippen LogP contribution in [-0.4, -0.2) is 33.3 Å². The first-order valence-electron chi connectivity index (χ1n) is 6.81. The number of anilines is 1. The Morgan fingerprint density at radius 2 is 1.95 bits per heavy atom. The minimum absolute atomic E-state index is 0.117. The van der Waals surface area contributed by atoms with Crippen molar-refractivity contribution in [3.8, 4) is 0 Å². The summed E-state index contributed by atoms with van der Waals surface area (Å²) in [6.45, 7) is 4.97. The van der Waals surface area contributed by atoms with Gasteiger partial charge in [0.15, 0.2) is 5.79 Å². The molecule has 0 unspecified atom stereocenters. The van der Waals surface area contributed by atoms with Crippen molar-refractivity contribution in [3.63, 3.8) is 0 Å². The van der Waals surface area contributed by atoms with Crippen LogP contribution >= 0.6 is 0 Å². The summed E-state index contributed by atoms with van der Waals surface area (Å²) in [5, 5.41) is 3.06. The first kappa shape index (κ1) is 16.2. The smallest absolute Gasteiger partial charge is 0.269 e. The van der Waals surface area contributed by atoms with Gasteiger partial charge < -0.3 is 14.8 Å². The van der Waals surface area contributed by atoms with E-state index in [2.05, 4.69) is 5.32 Å². The molecular formula is C14H21NO5S. The summed E-state index contributed by atoms with van der Waals surface area (Å²) in [6, 6.07) is 7.48. The van der Waals surface area contributed by atoms with E-state index in [9.17, 15) is 8.42 Å². The molecule has 1 heterocycles. The lowest BCUT2D eigenvalue weighted by molar-refractivity contribution is -0.167. The normalized spacial score (nSPS) is 25.0. The van der Waals surface area contributed by atoms with E-state index in [0.717, 1.165) is 11.3 Å². The molecule has 0 radical (unpaired) electrons. The molecule has 21 heavy (non-hydrogen) atoms. The topological polar surface area (TPSA) is 73.9 Å². The second-order valence-electron chi connectivity index (χ2n) is 5.20. The van der Waals surface area contributed by atoms with Gasteiger partial charge in [-0.05, 0) is 26.8 Å². The fourth-order valence-electron chi connectivity index (χ4n) is 2.20. The molecule has 1 N–H and O–H groups in total. The zero-order valence-electron chi connectivity index (χ0n) is 12.6. The summed E-state index contributed by atoms with van der Waals surface area (Å²) >= 11 is 0. The van der Waals surface area contributed by atoms with Crippen LogP contribution in [0, 0.1) is 0 Å². The van der Waals surface area contributed by atoms with Crippen LogP contribution in [0.25, 0.3) is 0 Å². The summed E-state index contributed by atoms with van der Waals surface area (Å²) in [6.07, 6.45) is -1.62. The molecule has 0 aliphatic carbocycles. The van der Waals surface area contributed by atoms with Crippen molar-refractivity contribution in [1.82, 2.24) is 0 Å². The highest BCUT2D eigenvalue weighted by Crippen LogP contribution is 2.41. The fraction of sp³-hybridized carbons (Fsp3) is 0.571.